The van der Waals surface area contributed by atoms with Crippen molar-refractivity contribution in [3.63, 3.8) is 0 Å². The van der Waals surface area contributed by atoms with Gasteiger partial charge in [-0.1, -0.05) is 23.2 Å². The highest BCUT2D eigenvalue weighted by atomic mass is 35.5. The minimum absolute atomic E-state index is 0.720. The van der Waals surface area contributed by atoms with Gasteiger partial charge < -0.3 is 17.2 Å². The Morgan fingerprint density at radius 3 is 0.917 bits per heavy atom. The molecule has 24 heavy (non-hydrogen) atoms. The number of benzene rings is 1. The maximum atomic E-state index is 11.9. The van der Waals surface area contributed by atoms with Crippen LogP contribution in [0, 0.1) is 0 Å². The van der Waals surface area contributed by atoms with Crippen LogP contribution in [0.25, 0.3) is 0 Å². The molecule has 0 aliphatic carbocycles. The zero-order chi connectivity index (χ0) is 18.6. The Morgan fingerprint density at radius 2 is 0.708 bits per heavy atom. The fraction of sp³-hybridized carbons (Fsp3) is 0. The first-order chi connectivity index (χ1) is 11.3. The van der Waals surface area contributed by atoms with Crippen molar-refractivity contribution < 1.29 is 36.3 Å². The number of carbonyl (C=O) groups is 4. The Morgan fingerprint density at radius 1 is 0.500 bits per heavy atom. The maximum absolute atomic E-state index is 11.9. The van der Waals surface area contributed by atoms with Gasteiger partial charge in [0.05, 0.1) is 32.3 Å². The zero-order valence-corrected chi connectivity index (χ0v) is 15.1. The largest absolute Gasteiger partial charge is 0.358 e. The predicted octanol–water partition coefficient (Wildman–Crippen LogP) is 4.24. The van der Waals surface area contributed by atoms with Gasteiger partial charge in [-0.05, 0) is 0 Å². The second kappa shape index (κ2) is 8.80. The predicted molar refractivity (Wildman–Crippen MR) is 81.5 cm³/mol. The Labute approximate surface area is 163 Å². The highest BCUT2D eigenvalue weighted by Crippen LogP contribution is 2.38. The van der Waals surface area contributed by atoms with Crippen LogP contribution in [0.4, 0.5) is 0 Å². The molecule has 0 saturated carbocycles. The van der Waals surface area contributed by atoms with E-state index >= 15 is 0 Å². The van der Waals surface area contributed by atoms with Gasteiger partial charge in [0.1, 0.15) is 47.5 Å². The fourth-order valence-corrected chi connectivity index (χ4v) is 2.48. The number of carbonyl (C=O) groups excluding carboxylic acids is 4. The van der Waals surface area contributed by atoms with E-state index in [-0.39, 0.29) is 0 Å². The molecule has 0 saturated heterocycles. The Balaban J connectivity index is 4.13. The van der Waals surface area contributed by atoms with E-state index in [2.05, 4.69) is 17.2 Å². The third-order valence-electron chi connectivity index (χ3n) is 2.48. The first-order valence-corrected chi connectivity index (χ1v) is 7.12. The van der Waals surface area contributed by atoms with E-state index in [0.29, 0.717) is 0 Å². The molecule has 0 aliphatic rings. The van der Waals surface area contributed by atoms with Crippen molar-refractivity contribution in [1.82, 2.24) is 0 Å². The molecule has 0 N–H and O–H groups in total. The standard InChI is InChI=1S/C10Cl6O8/c11-5-3(9(19)23-15)1(7(17)21-13)2(8(18)22-14)4(6(5)12)10(20)24-16. The van der Waals surface area contributed by atoms with E-state index in [1.54, 1.807) is 0 Å². The smallest absolute Gasteiger partial charge is 0.343 e. The van der Waals surface area contributed by atoms with E-state index in [1.807, 2.05) is 0 Å². The molecule has 1 aromatic carbocycles. The number of hydrogen-bond acceptors (Lipinski definition) is 8. The van der Waals surface area contributed by atoms with Gasteiger partial charge in [0.15, 0.2) is 0 Å². The summed E-state index contributed by atoms with van der Waals surface area (Å²) in [6, 6.07) is 0. The summed E-state index contributed by atoms with van der Waals surface area (Å²) in [5.74, 6) is -5.91. The van der Waals surface area contributed by atoms with Crippen LogP contribution < -0.4 is 0 Å². The van der Waals surface area contributed by atoms with Gasteiger partial charge >= 0.3 is 23.9 Å². The SMILES string of the molecule is O=C(OCl)c1c(Cl)c(Cl)c(C(=O)OCl)c(C(=O)OCl)c1C(=O)OCl. The second-order valence-electron chi connectivity index (χ2n) is 3.59. The zero-order valence-electron chi connectivity index (χ0n) is 10.5. The quantitative estimate of drug-likeness (QED) is 0.657. The molecule has 0 unspecified atom stereocenters. The summed E-state index contributed by atoms with van der Waals surface area (Å²) in [6.07, 6.45) is 0. The molecule has 0 bridgehead atoms. The maximum Gasteiger partial charge on any atom is 0.358 e. The highest BCUT2D eigenvalue weighted by molar-refractivity contribution is 6.47. The molecule has 1 rings (SSSR count). The molecule has 130 valence electrons. The van der Waals surface area contributed by atoms with E-state index in [9.17, 15) is 19.2 Å². The van der Waals surface area contributed by atoms with Crippen LogP contribution in [0.1, 0.15) is 41.4 Å². The Kier molecular flexibility index (Phi) is 7.65. The average Bonchev–Trinajstić information content (AvgIpc) is 2.60. The first-order valence-electron chi connectivity index (χ1n) is 5.13. The third-order valence-corrected chi connectivity index (χ3v) is 3.89. The molecule has 0 heterocycles. The molecule has 1 aromatic rings. The van der Waals surface area contributed by atoms with Gasteiger partial charge in [-0.3, -0.25) is 0 Å². The lowest BCUT2D eigenvalue weighted by Gasteiger charge is -2.15. The highest BCUT2D eigenvalue weighted by Gasteiger charge is 2.38. The Hall–Kier alpha value is -1.16. The minimum Gasteiger partial charge on any atom is -0.343 e. The Bertz CT molecular complexity index is 672. The van der Waals surface area contributed by atoms with Crippen LogP contribution in [0.2, 0.25) is 10.0 Å². The number of rotatable bonds is 4. The topological polar surface area (TPSA) is 105 Å². The summed E-state index contributed by atoms with van der Waals surface area (Å²) < 4.78 is 15.7. The molecule has 0 amide bonds. The van der Waals surface area contributed by atoms with E-state index in [0.717, 1.165) is 0 Å². The van der Waals surface area contributed by atoms with Crippen LogP contribution in [-0.4, -0.2) is 23.9 Å². The summed E-state index contributed by atoms with van der Waals surface area (Å²) in [5, 5.41) is -1.44. The summed E-state index contributed by atoms with van der Waals surface area (Å²) in [5.41, 5.74) is -3.67. The third kappa shape index (κ3) is 3.74. The summed E-state index contributed by atoms with van der Waals surface area (Å²) in [6.45, 7) is 0. The number of halogens is 6. The lowest BCUT2D eigenvalue weighted by Crippen LogP contribution is -2.21. The van der Waals surface area contributed by atoms with E-state index in [4.69, 9.17) is 70.7 Å². The van der Waals surface area contributed by atoms with E-state index < -0.39 is 56.2 Å². The summed E-state index contributed by atoms with van der Waals surface area (Å²) in [4.78, 5) is 47.3. The van der Waals surface area contributed by atoms with Crippen molar-refractivity contribution in [1.29, 1.82) is 0 Å². The molecule has 0 radical (unpaired) electrons. The van der Waals surface area contributed by atoms with Crippen LogP contribution in [0.3, 0.4) is 0 Å². The van der Waals surface area contributed by atoms with Crippen molar-refractivity contribution in [2.45, 2.75) is 0 Å². The van der Waals surface area contributed by atoms with Crippen molar-refractivity contribution in [3.05, 3.63) is 32.3 Å². The lowest BCUT2D eigenvalue weighted by molar-refractivity contribution is 0.0678. The van der Waals surface area contributed by atoms with Crippen LogP contribution in [0.15, 0.2) is 0 Å². The van der Waals surface area contributed by atoms with Gasteiger partial charge in [0.2, 0.25) is 0 Å². The second-order valence-corrected chi connectivity index (χ2v) is 4.96. The summed E-state index contributed by atoms with van der Waals surface area (Å²) >= 11 is 31.4. The van der Waals surface area contributed by atoms with Gasteiger partial charge in [-0.2, -0.15) is 0 Å². The minimum atomic E-state index is -1.52. The molecule has 0 fully saturated rings. The van der Waals surface area contributed by atoms with Gasteiger partial charge in [-0.15, -0.1) is 0 Å². The fourth-order valence-electron chi connectivity index (χ4n) is 1.63. The van der Waals surface area contributed by atoms with Crippen LogP contribution in [0.5, 0.6) is 0 Å². The van der Waals surface area contributed by atoms with Crippen LogP contribution >= 0.6 is 70.7 Å². The number of hydrogen-bond donors (Lipinski definition) is 0. The molecular weight excluding hydrogens is 461 g/mol. The van der Waals surface area contributed by atoms with Crippen molar-refractivity contribution in [2.75, 3.05) is 0 Å². The molecule has 0 atom stereocenters. The molecule has 0 aromatic heterocycles. The molecular formula is C10Cl6O8. The molecule has 8 nitrogen and oxygen atoms in total. The van der Waals surface area contributed by atoms with Crippen molar-refractivity contribution in [3.8, 4) is 0 Å². The van der Waals surface area contributed by atoms with Crippen molar-refractivity contribution in [2.24, 2.45) is 0 Å². The van der Waals surface area contributed by atoms with Gasteiger partial charge in [-0.25, -0.2) is 19.2 Å². The normalized spacial score (nSPS) is 9.92. The van der Waals surface area contributed by atoms with E-state index in [1.165, 1.54) is 0 Å². The van der Waals surface area contributed by atoms with Gasteiger partial charge in [0, 0.05) is 0 Å². The lowest BCUT2D eigenvalue weighted by atomic mass is 9.95. The molecule has 0 aliphatic heterocycles. The average molecular weight is 461 g/mol. The van der Waals surface area contributed by atoms with Crippen LogP contribution in [-0.2, 0) is 17.2 Å². The monoisotopic (exact) mass is 458 g/mol. The molecule has 14 heteroatoms. The van der Waals surface area contributed by atoms with Gasteiger partial charge in [0.25, 0.3) is 0 Å². The summed E-state index contributed by atoms with van der Waals surface area (Å²) in [7, 11) is 0. The molecule has 0 spiro atoms. The first kappa shape index (κ1) is 20.9. The van der Waals surface area contributed by atoms with Crippen molar-refractivity contribution >= 4 is 94.5 Å².